The van der Waals surface area contributed by atoms with Crippen LogP contribution in [0.5, 0.6) is 0 Å². The Labute approximate surface area is 148 Å². The maximum Gasteiger partial charge on any atom is 0.225 e. The van der Waals surface area contributed by atoms with E-state index in [0.29, 0.717) is 12.2 Å². The molecule has 3 nitrogen and oxygen atoms in total. The molecule has 3 heteroatoms. The molecule has 0 spiro atoms. The lowest BCUT2D eigenvalue weighted by atomic mass is 9.96. The molecule has 3 aromatic rings. The maximum absolute atomic E-state index is 10.7. The number of aliphatic hydroxyl groups excluding tert-OH is 1. The number of hydrogen-bond donors (Lipinski definition) is 1. The summed E-state index contributed by atoms with van der Waals surface area (Å²) < 4.78 is 12.3. The predicted molar refractivity (Wildman–Crippen MR) is 97.8 cm³/mol. The molecule has 0 aromatic heterocycles. The summed E-state index contributed by atoms with van der Waals surface area (Å²) in [5.74, 6) is -1.19. The highest BCUT2D eigenvalue weighted by Crippen LogP contribution is 2.38. The van der Waals surface area contributed by atoms with Gasteiger partial charge in [-0.3, -0.25) is 0 Å². The molecule has 1 atom stereocenters. The van der Waals surface area contributed by atoms with Gasteiger partial charge in [0.1, 0.15) is 0 Å². The van der Waals surface area contributed by atoms with Crippen molar-refractivity contribution in [2.24, 2.45) is 0 Å². The molecule has 25 heavy (non-hydrogen) atoms. The van der Waals surface area contributed by atoms with Crippen LogP contribution in [0.4, 0.5) is 0 Å². The molecule has 3 rings (SSSR count). The first-order valence-corrected chi connectivity index (χ1v) is 8.42. The highest BCUT2D eigenvalue weighted by atomic mass is 16.7. The van der Waals surface area contributed by atoms with Gasteiger partial charge < -0.3 is 14.6 Å². The molecule has 3 aromatic carbocycles. The van der Waals surface area contributed by atoms with Crippen molar-refractivity contribution >= 4 is 0 Å². The maximum atomic E-state index is 10.7. The van der Waals surface area contributed by atoms with Gasteiger partial charge in [0.15, 0.2) is 6.29 Å². The molecule has 0 saturated heterocycles. The van der Waals surface area contributed by atoms with Crippen molar-refractivity contribution in [3.05, 3.63) is 108 Å². The van der Waals surface area contributed by atoms with Crippen LogP contribution in [0.15, 0.2) is 91.0 Å². The van der Waals surface area contributed by atoms with Crippen molar-refractivity contribution in [1.82, 2.24) is 0 Å². The zero-order valence-corrected chi connectivity index (χ0v) is 14.2. The van der Waals surface area contributed by atoms with E-state index in [1.54, 1.807) is 0 Å². The molecule has 0 radical (unpaired) electrons. The van der Waals surface area contributed by atoms with Crippen LogP contribution < -0.4 is 0 Å². The van der Waals surface area contributed by atoms with E-state index in [9.17, 15) is 5.11 Å². The molecule has 0 aliphatic rings. The van der Waals surface area contributed by atoms with Gasteiger partial charge in [-0.25, -0.2) is 0 Å². The van der Waals surface area contributed by atoms with E-state index >= 15 is 0 Å². The Kier molecular flexibility index (Phi) is 5.61. The fraction of sp³-hybridized carbons (Fsp3) is 0.182. The minimum atomic E-state index is -1.19. The third-order valence-corrected chi connectivity index (χ3v) is 4.02. The molecule has 1 N–H and O–H groups in total. The van der Waals surface area contributed by atoms with Gasteiger partial charge in [-0.1, -0.05) is 91.0 Å². The zero-order chi connectivity index (χ0) is 17.5. The first-order chi connectivity index (χ1) is 12.3. The summed E-state index contributed by atoms with van der Waals surface area (Å²) in [4.78, 5) is 0. The van der Waals surface area contributed by atoms with E-state index in [4.69, 9.17) is 9.47 Å². The minimum Gasteiger partial charge on any atom is -0.364 e. The highest BCUT2D eigenvalue weighted by molar-refractivity contribution is 5.34. The molecule has 0 aliphatic carbocycles. The Bertz CT molecular complexity index is 718. The zero-order valence-electron chi connectivity index (χ0n) is 14.2. The second-order valence-corrected chi connectivity index (χ2v) is 5.66. The number of hydrogen-bond acceptors (Lipinski definition) is 3. The van der Waals surface area contributed by atoms with Crippen LogP contribution in [0.3, 0.4) is 0 Å². The van der Waals surface area contributed by atoms with Gasteiger partial charge in [0.2, 0.25) is 5.79 Å². The summed E-state index contributed by atoms with van der Waals surface area (Å²) in [6.07, 6.45) is -1.12. The Hall–Kier alpha value is -2.46. The van der Waals surface area contributed by atoms with Crippen LogP contribution in [0.1, 0.15) is 29.9 Å². The molecule has 0 fully saturated rings. The Morgan fingerprint density at radius 1 is 0.760 bits per heavy atom. The minimum absolute atomic E-state index is 0.436. The first kappa shape index (κ1) is 17.4. The summed E-state index contributed by atoms with van der Waals surface area (Å²) in [5.41, 5.74) is 2.34. The van der Waals surface area contributed by atoms with Gasteiger partial charge >= 0.3 is 0 Å². The first-order valence-electron chi connectivity index (χ1n) is 8.42. The van der Waals surface area contributed by atoms with E-state index in [1.165, 1.54) is 0 Å². The topological polar surface area (TPSA) is 38.7 Å². The summed E-state index contributed by atoms with van der Waals surface area (Å²) in [5, 5.41) is 10.7. The van der Waals surface area contributed by atoms with E-state index < -0.39 is 12.1 Å². The van der Waals surface area contributed by atoms with Gasteiger partial charge in [-0.15, -0.1) is 0 Å². The van der Waals surface area contributed by atoms with Crippen molar-refractivity contribution in [2.45, 2.75) is 19.0 Å². The summed E-state index contributed by atoms with van der Waals surface area (Å²) in [6.45, 7) is 2.35. The van der Waals surface area contributed by atoms with E-state index in [2.05, 4.69) is 0 Å². The largest absolute Gasteiger partial charge is 0.364 e. The van der Waals surface area contributed by atoms with Gasteiger partial charge in [-0.2, -0.15) is 0 Å². The van der Waals surface area contributed by atoms with E-state index in [1.807, 2.05) is 97.9 Å². The Balaban J connectivity index is 2.07. The monoisotopic (exact) mass is 334 g/mol. The quantitative estimate of drug-likeness (QED) is 0.640. The van der Waals surface area contributed by atoms with Crippen LogP contribution >= 0.6 is 0 Å². The van der Waals surface area contributed by atoms with Crippen LogP contribution in [0.25, 0.3) is 0 Å². The lowest BCUT2D eigenvalue weighted by Gasteiger charge is -2.36. The number of aliphatic hydroxyl groups is 1. The van der Waals surface area contributed by atoms with Crippen molar-refractivity contribution in [1.29, 1.82) is 0 Å². The fourth-order valence-corrected chi connectivity index (χ4v) is 2.86. The molecular weight excluding hydrogens is 312 g/mol. The molecule has 0 amide bonds. The van der Waals surface area contributed by atoms with Crippen molar-refractivity contribution in [3.63, 3.8) is 0 Å². The smallest absolute Gasteiger partial charge is 0.225 e. The number of ether oxygens (including phenoxy) is 2. The van der Waals surface area contributed by atoms with Crippen molar-refractivity contribution in [2.75, 3.05) is 6.61 Å². The summed E-state index contributed by atoms with van der Waals surface area (Å²) >= 11 is 0. The second-order valence-electron chi connectivity index (χ2n) is 5.66. The standard InChI is InChI=1S/C22H22O3/c1-2-24-22(19-14-8-4-9-15-19,20-16-10-5-11-17-20)25-21(23)18-12-6-3-7-13-18/h3-17,21,23H,2H2,1H3. The summed E-state index contributed by atoms with van der Waals surface area (Å²) in [7, 11) is 0. The molecule has 0 heterocycles. The van der Waals surface area contributed by atoms with Crippen LogP contribution in [-0.2, 0) is 15.3 Å². The summed E-state index contributed by atoms with van der Waals surface area (Å²) in [6, 6.07) is 28.7. The molecular formula is C22H22O3. The van der Waals surface area contributed by atoms with Gasteiger partial charge in [0, 0.05) is 23.3 Å². The normalized spacial score (nSPS) is 12.7. The average molecular weight is 334 g/mol. The fourth-order valence-electron chi connectivity index (χ4n) is 2.86. The Morgan fingerprint density at radius 3 is 1.64 bits per heavy atom. The molecule has 128 valence electrons. The third kappa shape index (κ3) is 3.80. The lowest BCUT2D eigenvalue weighted by molar-refractivity contribution is -0.289. The molecule has 1 unspecified atom stereocenters. The SMILES string of the molecule is CCOC(OC(O)c1ccccc1)(c1ccccc1)c1ccccc1. The lowest BCUT2D eigenvalue weighted by Crippen LogP contribution is -2.36. The Morgan fingerprint density at radius 2 is 1.20 bits per heavy atom. The van der Waals surface area contributed by atoms with Crippen LogP contribution in [0.2, 0.25) is 0 Å². The van der Waals surface area contributed by atoms with E-state index in [0.717, 1.165) is 11.1 Å². The van der Waals surface area contributed by atoms with Crippen LogP contribution in [0, 0.1) is 0 Å². The molecule has 0 saturated carbocycles. The van der Waals surface area contributed by atoms with Gasteiger partial charge in [0.25, 0.3) is 0 Å². The average Bonchev–Trinajstić information content (AvgIpc) is 2.69. The van der Waals surface area contributed by atoms with Crippen molar-refractivity contribution in [3.8, 4) is 0 Å². The van der Waals surface area contributed by atoms with E-state index in [-0.39, 0.29) is 0 Å². The molecule has 0 aliphatic heterocycles. The van der Waals surface area contributed by atoms with Crippen molar-refractivity contribution < 1.29 is 14.6 Å². The third-order valence-electron chi connectivity index (χ3n) is 4.02. The molecule has 0 bridgehead atoms. The number of rotatable bonds is 7. The van der Waals surface area contributed by atoms with Gasteiger partial charge in [0.05, 0.1) is 0 Å². The van der Waals surface area contributed by atoms with Gasteiger partial charge in [-0.05, 0) is 6.92 Å². The van der Waals surface area contributed by atoms with Crippen LogP contribution in [-0.4, -0.2) is 11.7 Å². The predicted octanol–water partition coefficient (Wildman–Crippen LogP) is 4.63. The second kappa shape index (κ2) is 8.08. The number of benzene rings is 3. The highest BCUT2D eigenvalue weighted by Gasteiger charge is 2.39.